The molecule has 140 valence electrons. The normalized spacial score (nSPS) is 24.1. The van der Waals surface area contributed by atoms with E-state index in [0.29, 0.717) is 43.8 Å². The van der Waals surface area contributed by atoms with Crippen LogP contribution in [-0.4, -0.2) is 47.9 Å². The molecular weight excluding hydrogens is 323 g/mol. The fourth-order valence-electron chi connectivity index (χ4n) is 3.40. The summed E-state index contributed by atoms with van der Waals surface area (Å²) in [5.41, 5.74) is 10.8. The molecule has 1 aliphatic rings. The van der Waals surface area contributed by atoms with Crippen LogP contribution in [0.4, 0.5) is 11.4 Å². The van der Waals surface area contributed by atoms with E-state index in [-0.39, 0.29) is 5.92 Å². The number of rotatable bonds is 8. The molecule has 0 bridgehead atoms. The highest BCUT2D eigenvalue weighted by molar-refractivity contribution is 6.40. The number of nitrogens with zero attached hydrogens (tertiary/aromatic N) is 1. The van der Waals surface area contributed by atoms with E-state index < -0.39 is 29.1 Å². The monoisotopic (exact) mass is 352 g/mol. The zero-order valence-corrected chi connectivity index (χ0v) is 15.2. The van der Waals surface area contributed by atoms with Crippen LogP contribution in [0.2, 0.25) is 6.32 Å². The van der Waals surface area contributed by atoms with E-state index >= 15 is 0 Å². The van der Waals surface area contributed by atoms with E-state index in [0.717, 1.165) is 6.42 Å². The number of hydrogen-bond acceptors (Lipinski definition) is 8. The first-order chi connectivity index (χ1) is 11.5. The van der Waals surface area contributed by atoms with Crippen molar-refractivity contribution in [1.29, 1.82) is 0 Å². The molecule has 0 unspecified atom stereocenters. The van der Waals surface area contributed by atoms with Gasteiger partial charge in [-0.1, -0.05) is 6.42 Å². The van der Waals surface area contributed by atoms with Gasteiger partial charge >= 0.3 is 7.12 Å². The second-order valence-corrected chi connectivity index (χ2v) is 8.09. The van der Waals surface area contributed by atoms with Crippen LogP contribution < -0.4 is 32.5 Å². The molecule has 0 aliphatic carbocycles. The van der Waals surface area contributed by atoms with Gasteiger partial charge in [0.25, 0.3) is 10.9 Å². The molecule has 1 aromatic rings. The van der Waals surface area contributed by atoms with Crippen molar-refractivity contribution in [2.45, 2.75) is 51.0 Å². The summed E-state index contributed by atoms with van der Waals surface area (Å²) in [4.78, 5) is 26.0. The smallest absolute Gasteiger partial charge is 0.427 e. The predicted molar refractivity (Wildman–Crippen MR) is 101 cm³/mol. The van der Waals surface area contributed by atoms with Crippen LogP contribution >= 0.6 is 0 Å². The summed E-state index contributed by atoms with van der Waals surface area (Å²) in [6.45, 7) is 7.03. The van der Waals surface area contributed by atoms with Gasteiger partial charge in [0.15, 0.2) is 0 Å². The van der Waals surface area contributed by atoms with E-state index in [2.05, 4.69) is 5.32 Å². The Bertz CT molecular complexity index is 682. The maximum atomic E-state index is 12.1. The van der Waals surface area contributed by atoms with Crippen molar-refractivity contribution >= 4 is 18.5 Å². The standard InChI is InChI=1S/C16H29BN4O4/c1-15(2,8-18)20-11-12(14(23)13(11)22)21-7-10(16(3,19)9-21)5-4-6-17(24)25/h10,20,24-25H,4-9,18-19H2,1-3H3/t10-,16-/m0/s1. The van der Waals surface area contributed by atoms with Crippen LogP contribution in [0.5, 0.6) is 0 Å². The molecule has 0 saturated carbocycles. The maximum Gasteiger partial charge on any atom is 0.451 e. The Morgan fingerprint density at radius 3 is 2.56 bits per heavy atom. The Morgan fingerprint density at radius 1 is 1.36 bits per heavy atom. The highest BCUT2D eigenvalue weighted by Gasteiger charge is 2.43. The molecule has 25 heavy (non-hydrogen) atoms. The quantitative estimate of drug-likeness (QED) is 0.291. The van der Waals surface area contributed by atoms with Crippen LogP contribution in [0, 0.1) is 5.92 Å². The van der Waals surface area contributed by atoms with Gasteiger partial charge in [-0.15, -0.1) is 0 Å². The van der Waals surface area contributed by atoms with Gasteiger partial charge in [-0.05, 0) is 39.4 Å². The van der Waals surface area contributed by atoms with Crippen LogP contribution in [0.25, 0.3) is 0 Å². The third kappa shape index (κ3) is 4.23. The lowest BCUT2D eigenvalue weighted by molar-refractivity contribution is 0.343. The van der Waals surface area contributed by atoms with Gasteiger partial charge < -0.3 is 31.7 Å². The van der Waals surface area contributed by atoms with Gasteiger partial charge in [0.05, 0.1) is 0 Å². The van der Waals surface area contributed by atoms with E-state index in [1.54, 1.807) is 0 Å². The average molecular weight is 352 g/mol. The van der Waals surface area contributed by atoms with Crippen LogP contribution in [0.1, 0.15) is 33.6 Å². The number of anilines is 2. The molecule has 0 aromatic heterocycles. The molecule has 1 saturated heterocycles. The SMILES string of the molecule is CC(C)(CN)Nc1c(N2C[C@H](CCCB(O)O)[C@@](C)(N)C2)c(=O)c1=O. The second kappa shape index (κ2) is 7.07. The number of hydrogen-bond donors (Lipinski definition) is 5. The maximum absolute atomic E-state index is 12.1. The highest BCUT2D eigenvalue weighted by Crippen LogP contribution is 2.35. The molecule has 7 N–H and O–H groups in total. The van der Waals surface area contributed by atoms with Crippen molar-refractivity contribution in [2.24, 2.45) is 17.4 Å². The number of nitrogens with one attached hydrogen (secondary N) is 1. The molecule has 8 nitrogen and oxygen atoms in total. The Morgan fingerprint density at radius 2 is 2.00 bits per heavy atom. The summed E-state index contributed by atoms with van der Waals surface area (Å²) >= 11 is 0. The van der Waals surface area contributed by atoms with Crippen LogP contribution in [0.15, 0.2) is 9.59 Å². The summed E-state index contributed by atoms with van der Waals surface area (Å²) in [5.74, 6) is 0.103. The summed E-state index contributed by atoms with van der Waals surface area (Å²) in [7, 11) is -1.32. The van der Waals surface area contributed by atoms with Gasteiger partial charge in [-0.25, -0.2) is 0 Å². The largest absolute Gasteiger partial charge is 0.451 e. The fourth-order valence-corrected chi connectivity index (χ4v) is 3.40. The molecule has 1 heterocycles. The summed E-state index contributed by atoms with van der Waals surface area (Å²) in [6.07, 6.45) is 1.66. The molecule has 1 fully saturated rings. The van der Waals surface area contributed by atoms with Gasteiger partial charge in [0, 0.05) is 30.7 Å². The first-order valence-corrected chi connectivity index (χ1v) is 8.70. The molecule has 0 radical (unpaired) electrons. The summed E-state index contributed by atoms with van der Waals surface area (Å²) < 4.78 is 0. The fraction of sp³-hybridized carbons (Fsp3) is 0.750. The van der Waals surface area contributed by atoms with Gasteiger partial charge in [0.2, 0.25) is 0 Å². The Labute approximate surface area is 148 Å². The molecule has 2 rings (SSSR count). The van der Waals surface area contributed by atoms with Gasteiger partial charge in [-0.3, -0.25) is 9.59 Å². The van der Waals surface area contributed by atoms with Gasteiger partial charge in [0.1, 0.15) is 11.4 Å². The lowest BCUT2D eigenvalue weighted by Crippen LogP contribution is -2.49. The second-order valence-electron chi connectivity index (χ2n) is 8.09. The van der Waals surface area contributed by atoms with E-state index in [1.165, 1.54) is 0 Å². The van der Waals surface area contributed by atoms with Gasteiger partial charge in [-0.2, -0.15) is 0 Å². The minimum atomic E-state index is -1.32. The first-order valence-electron chi connectivity index (χ1n) is 8.70. The van der Waals surface area contributed by atoms with Crippen molar-refractivity contribution in [3.05, 3.63) is 20.4 Å². The molecule has 9 heteroatoms. The Kier molecular flexibility index (Phi) is 5.63. The summed E-state index contributed by atoms with van der Waals surface area (Å²) in [5, 5.41) is 21.0. The highest BCUT2D eigenvalue weighted by atomic mass is 16.4. The van der Waals surface area contributed by atoms with Crippen molar-refractivity contribution in [1.82, 2.24) is 0 Å². The zero-order valence-electron chi connectivity index (χ0n) is 15.2. The van der Waals surface area contributed by atoms with Crippen molar-refractivity contribution < 1.29 is 10.0 Å². The van der Waals surface area contributed by atoms with Crippen molar-refractivity contribution in [3.63, 3.8) is 0 Å². The minimum Gasteiger partial charge on any atom is -0.427 e. The molecule has 2 atom stereocenters. The van der Waals surface area contributed by atoms with Crippen LogP contribution in [-0.2, 0) is 0 Å². The lowest BCUT2D eigenvalue weighted by Gasteiger charge is -2.30. The average Bonchev–Trinajstić information content (AvgIpc) is 2.80. The molecule has 0 spiro atoms. The molecular formula is C16H29BN4O4. The summed E-state index contributed by atoms with van der Waals surface area (Å²) in [6, 6.07) is 0. The lowest BCUT2D eigenvalue weighted by atomic mass is 9.79. The third-order valence-electron chi connectivity index (χ3n) is 5.09. The minimum absolute atomic E-state index is 0.103. The first kappa shape index (κ1) is 19.9. The third-order valence-corrected chi connectivity index (χ3v) is 5.09. The Balaban J connectivity index is 2.14. The zero-order chi connectivity index (χ0) is 19.0. The number of nitrogens with two attached hydrogens (primary N) is 2. The predicted octanol–water partition coefficient (Wildman–Crippen LogP) is -1.16. The van der Waals surface area contributed by atoms with Crippen molar-refractivity contribution in [3.8, 4) is 0 Å². The molecule has 1 aromatic carbocycles. The van der Waals surface area contributed by atoms with E-state index in [1.807, 2.05) is 25.7 Å². The topological polar surface area (TPSA) is 142 Å². The van der Waals surface area contributed by atoms with Crippen molar-refractivity contribution in [2.75, 3.05) is 29.9 Å². The molecule has 1 aliphatic heterocycles. The van der Waals surface area contributed by atoms with E-state index in [4.69, 9.17) is 21.5 Å². The molecule has 0 amide bonds. The van der Waals surface area contributed by atoms with E-state index in [9.17, 15) is 9.59 Å². The Hall–Kier alpha value is -1.42. The van der Waals surface area contributed by atoms with Crippen LogP contribution in [0.3, 0.4) is 0 Å².